The van der Waals surface area contributed by atoms with Crippen LogP contribution in [0.2, 0.25) is 0 Å². The van der Waals surface area contributed by atoms with E-state index in [4.69, 9.17) is 18.9 Å². The summed E-state index contributed by atoms with van der Waals surface area (Å²) in [5.74, 6) is -0.669. The molecule has 0 aliphatic heterocycles. The Morgan fingerprint density at radius 2 is 1.48 bits per heavy atom. The fourth-order valence-corrected chi connectivity index (χ4v) is 8.66. The largest absolute Gasteiger partial charge is 0.464 e. The van der Waals surface area contributed by atoms with E-state index in [0.717, 1.165) is 24.8 Å². The van der Waals surface area contributed by atoms with Gasteiger partial charge in [0.05, 0.1) is 16.2 Å². The zero-order chi connectivity index (χ0) is 33.9. The lowest BCUT2D eigenvalue weighted by Gasteiger charge is -2.58. The van der Waals surface area contributed by atoms with Gasteiger partial charge in [-0.15, -0.1) is 0 Å². The summed E-state index contributed by atoms with van der Waals surface area (Å²) in [6.07, 6.45) is 4.76. The predicted octanol–water partition coefficient (Wildman–Crippen LogP) is 6.12. The number of carbonyl (C=O) groups is 4. The summed E-state index contributed by atoms with van der Waals surface area (Å²) >= 11 is 0. The highest BCUT2D eigenvalue weighted by Crippen LogP contribution is 2.58. The Hall–Kier alpha value is -2.94. The van der Waals surface area contributed by atoms with E-state index in [2.05, 4.69) is 0 Å². The number of likely N-dealkylation sites (N-methyl/N-ethyl adjacent to an activating group) is 1. The van der Waals surface area contributed by atoms with Crippen molar-refractivity contribution >= 4 is 23.9 Å². The fraction of sp³-hybridized carbons (Fsp3) is 0.730. The van der Waals surface area contributed by atoms with Crippen LogP contribution in [-0.4, -0.2) is 67.7 Å². The maximum Gasteiger partial charge on any atom is 0.312 e. The molecule has 4 unspecified atom stereocenters. The molecule has 4 aliphatic carbocycles. The standard InChI is InChI=1S/C37H55NO8/c1-9-35(5,33(42)45-30-28-17-27-18-29(30)21-37(19-27,20-28)46-25(2)39)24-36(6,32(41)44-22-26-13-11-10-12-14-26)23-34(3,4)31(40)43-16-15-38(7)8/h10-14,27-30H,9,15-24H2,1-8H3. The van der Waals surface area contributed by atoms with Crippen LogP contribution in [0.4, 0.5) is 0 Å². The van der Waals surface area contributed by atoms with Crippen LogP contribution in [0.3, 0.4) is 0 Å². The number of benzene rings is 1. The summed E-state index contributed by atoms with van der Waals surface area (Å²) in [6, 6.07) is 9.45. The molecule has 0 N–H and O–H groups in total. The van der Waals surface area contributed by atoms with Crippen LogP contribution in [0.15, 0.2) is 30.3 Å². The van der Waals surface area contributed by atoms with E-state index in [0.29, 0.717) is 31.7 Å². The number of hydrogen-bond donors (Lipinski definition) is 0. The molecule has 4 fully saturated rings. The zero-order valence-electron chi connectivity index (χ0n) is 29.2. The molecule has 4 aliphatic rings. The third kappa shape index (κ3) is 8.31. The van der Waals surface area contributed by atoms with Crippen molar-refractivity contribution in [1.29, 1.82) is 0 Å². The Bertz CT molecular complexity index is 1250. The average Bonchev–Trinajstić information content (AvgIpc) is 2.96. The van der Waals surface area contributed by atoms with Crippen molar-refractivity contribution in [3.8, 4) is 0 Å². The second-order valence-electron chi connectivity index (χ2n) is 15.8. The van der Waals surface area contributed by atoms with Gasteiger partial charge in [-0.25, -0.2) is 0 Å². The molecule has 256 valence electrons. The van der Waals surface area contributed by atoms with E-state index in [9.17, 15) is 19.2 Å². The van der Waals surface area contributed by atoms with E-state index in [1.807, 2.05) is 63.2 Å². The Labute approximate surface area is 275 Å². The number of esters is 4. The lowest BCUT2D eigenvalue weighted by atomic mass is 9.53. The van der Waals surface area contributed by atoms with Gasteiger partial charge >= 0.3 is 23.9 Å². The molecule has 9 nitrogen and oxygen atoms in total. The average molecular weight is 642 g/mol. The van der Waals surface area contributed by atoms with Gasteiger partial charge in [-0.3, -0.25) is 19.2 Å². The first-order valence-corrected chi connectivity index (χ1v) is 16.9. The monoisotopic (exact) mass is 641 g/mol. The molecule has 46 heavy (non-hydrogen) atoms. The van der Waals surface area contributed by atoms with E-state index in [1.54, 1.807) is 20.8 Å². The first kappa shape index (κ1) is 35.9. The molecular weight excluding hydrogens is 586 g/mol. The second kappa shape index (κ2) is 14.0. The smallest absolute Gasteiger partial charge is 0.312 e. The highest BCUT2D eigenvalue weighted by molar-refractivity contribution is 5.82. The van der Waals surface area contributed by atoms with Gasteiger partial charge in [0.2, 0.25) is 0 Å². The van der Waals surface area contributed by atoms with Crippen molar-refractivity contribution in [2.45, 2.75) is 111 Å². The van der Waals surface area contributed by atoms with Crippen molar-refractivity contribution < 1.29 is 38.1 Å². The molecule has 4 atom stereocenters. The van der Waals surface area contributed by atoms with Crippen LogP contribution in [0.25, 0.3) is 0 Å². The maximum absolute atomic E-state index is 14.2. The zero-order valence-corrected chi connectivity index (χ0v) is 29.2. The predicted molar refractivity (Wildman–Crippen MR) is 173 cm³/mol. The molecule has 0 saturated heterocycles. The molecule has 4 saturated carbocycles. The Kier molecular flexibility index (Phi) is 11.0. The number of hydrogen-bond acceptors (Lipinski definition) is 9. The van der Waals surface area contributed by atoms with Gasteiger partial charge in [0.25, 0.3) is 0 Å². The lowest BCUT2D eigenvalue weighted by Crippen LogP contribution is -2.59. The summed E-state index contributed by atoms with van der Waals surface area (Å²) in [5, 5.41) is 0. The molecule has 4 bridgehead atoms. The normalized spacial score (nSPS) is 27.8. The summed E-state index contributed by atoms with van der Waals surface area (Å²) in [6.45, 7) is 11.5. The minimum Gasteiger partial charge on any atom is -0.464 e. The Morgan fingerprint density at radius 1 is 0.848 bits per heavy atom. The van der Waals surface area contributed by atoms with E-state index < -0.39 is 33.8 Å². The Balaban J connectivity index is 1.53. The molecule has 0 radical (unpaired) electrons. The molecule has 0 spiro atoms. The molecular formula is C37H55NO8. The fourth-order valence-electron chi connectivity index (χ4n) is 8.66. The van der Waals surface area contributed by atoms with Crippen molar-refractivity contribution in [2.75, 3.05) is 27.2 Å². The summed E-state index contributed by atoms with van der Waals surface area (Å²) < 4.78 is 23.8. The van der Waals surface area contributed by atoms with Crippen molar-refractivity contribution in [3.63, 3.8) is 0 Å². The summed E-state index contributed by atoms with van der Waals surface area (Å²) in [5.41, 5.74) is -2.79. The van der Waals surface area contributed by atoms with Gasteiger partial charge in [0.1, 0.15) is 24.9 Å². The van der Waals surface area contributed by atoms with Crippen molar-refractivity contribution in [2.24, 2.45) is 34.0 Å². The summed E-state index contributed by atoms with van der Waals surface area (Å²) in [4.78, 5) is 55.3. The summed E-state index contributed by atoms with van der Waals surface area (Å²) in [7, 11) is 3.81. The maximum atomic E-state index is 14.2. The van der Waals surface area contributed by atoms with Crippen molar-refractivity contribution in [3.05, 3.63) is 35.9 Å². The SMILES string of the molecule is CCC(C)(CC(C)(CC(C)(C)C(=O)OCCN(C)C)C(=O)OCc1ccccc1)C(=O)OC1C2CC3CC1CC(OC(C)=O)(C3)C2. The second-order valence-corrected chi connectivity index (χ2v) is 15.8. The van der Waals surface area contributed by atoms with Gasteiger partial charge in [-0.1, -0.05) is 37.3 Å². The highest BCUT2D eigenvalue weighted by atomic mass is 16.6. The topological polar surface area (TPSA) is 108 Å². The van der Waals surface area contributed by atoms with E-state index >= 15 is 0 Å². The van der Waals surface area contributed by atoms with Crippen LogP contribution in [0.1, 0.15) is 98.5 Å². The molecule has 0 aromatic heterocycles. The third-order valence-corrected chi connectivity index (χ3v) is 10.6. The highest BCUT2D eigenvalue weighted by Gasteiger charge is 2.59. The number of ether oxygens (including phenoxy) is 4. The molecule has 5 rings (SSSR count). The van der Waals surface area contributed by atoms with Gasteiger partial charge in [-0.05, 0) is 105 Å². The van der Waals surface area contributed by atoms with Crippen LogP contribution >= 0.6 is 0 Å². The van der Waals surface area contributed by atoms with Gasteiger partial charge in [0.15, 0.2) is 0 Å². The number of rotatable bonds is 15. The van der Waals surface area contributed by atoms with Crippen LogP contribution in [-0.2, 0) is 44.7 Å². The molecule has 0 amide bonds. The molecule has 1 aromatic rings. The Morgan fingerprint density at radius 3 is 2.04 bits per heavy atom. The van der Waals surface area contributed by atoms with Crippen LogP contribution in [0.5, 0.6) is 0 Å². The first-order chi connectivity index (χ1) is 21.5. The molecule has 9 heteroatoms. The van der Waals surface area contributed by atoms with Crippen molar-refractivity contribution in [1.82, 2.24) is 4.90 Å². The third-order valence-electron chi connectivity index (χ3n) is 10.6. The molecule has 0 heterocycles. The van der Waals surface area contributed by atoms with E-state index in [-0.39, 0.29) is 55.9 Å². The first-order valence-electron chi connectivity index (χ1n) is 16.9. The van der Waals surface area contributed by atoms with Gasteiger partial charge in [-0.2, -0.15) is 0 Å². The van der Waals surface area contributed by atoms with Gasteiger partial charge in [0, 0.05) is 25.3 Å². The van der Waals surface area contributed by atoms with Crippen LogP contribution in [0, 0.1) is 34.0 Å². The van der Waals surface area contributed by atoms with E-state index in [1.165, 1.54) is 6.92 Å². The number of carbonyl (C=O) groups excluding carboxylic acids is 4. The van der Waals surface area contributed by atoms with Crippen LogP contribution < -0.4 is 0 Å². The molecule has 1 aromatic carbocycles. The van der Waals surface area contributed by atoms with Gasteiger partial charge < -0.3 is 23.8 Å². The minimum atomic E-state index is -1.19. The lowest BCUT2D eigenvalue weighted by molar-refractivity contribution is -0.219. The quantitative estimate of drug-likeness (QED) is 0.165. The minimum absolute atomic E-state index is 0.0902. The number of nitrogens with zero attached hydrogens (tertiary/aromatic N) is 1.